The van der Waals surface area contributed by atoms with Gasteiger partial charge in [0.1, 0.15) is 12.6 Å². The Morgan fingerprint density at radius 3 is 2.26 bits per heavy atom. The molecular formula is C24H29Br2N3O4S. The van der Waals surface area contributed by atoms with Crippen molar-refractivity contribution >= 4 is 59.4 Å². The lowest BCUT2D eigenvalue weighted by Crippen LogP contribution is -2.52. The van der Waals surface area contributed by atoms with Gasteiger partial charge in [-0.1, -0.05) is 62.9 Å². The molecule has 1 fully saturated rings. The highest BCUT2D eigenvalue weighted by molar-refractivity contribution is 9.10. The van der Waals surface area contributed by atoms with Crippen LogP contribution in [0.2, 0.25) is 0 Å². The van der Waals surface area contributed by atoms with E-state index in [2.05, 4.69) is 37.2 Å². The van der Waals surface area contributed by atoms with Crippen LogP contribution in [0.25, 0.3) is 0 Å². The van der Waals surface area contributed by atoms with Gasteiger partial charge in [0.15, 0.2) is 0 Å². The second kappa shape index (κ2) is 11.7. The van der Waals surface area contributed by atoms with E-state index >= 15 is 0 Å². The zero-order chi connectivity index (χ0) is 24.9. The van der Waals surface area contributed by atoms with E-state index in [1.807, 2.05) is 24.3 Å². The number of sulfonamides is 1. The summed E-state index contributed by atoms with van der Waals surface area (Å²) in [5.41, 5.74) is 1.20. The van der Waals surface area contributed by atoms with Gasteiger partial charge in [-0.05, 0) is 55.7 Å². The zero-order valence-electron chi connectivity index (χ0n) is 19.2. The summed E-state index contributed by atoms with van der Waals surface area (Å²) in [4.78, 5) is 28.0. The van der Waals surface area contributed by atoms with Gasteiger partial charge in [0.25, 0.3) is 0 Å². The summed E-state index contributed by atoms with van der Waals surface area (Å²) in [7, 11) is -3.75. The molecule has 7 nitrogen and oxygen atoms in total. The highest BCUT2D eigenvalue weighted by Crippen LogP contribution is 2.23. The average Bonchev–Trinajstić information content (AvgIpc) is 3.27. The van der Waals surface area contributed by atoms with E-state index < -0.39 is 28.5 Å². The molecule has 0 unspecified atom stereocenters. The lowest BCUT2D eigenvalue weighted by molar-refractivity contribution is -0.139. The molecule has 1 aliphatic carbocycles. The molecular weight excluding hydrogens is 586 g/mol. The fourth-order valence-corrected chi connectivity index (χ4v) is 5.73. The van der Waals surface area contributed by atoms with Crippen LogP contribution in [0.1, 0.15) is 38.2 Å². The minimum atomic E-state index is -3.75. The predicted octanol–water partition coefficient (Wildman–Crippen LogP) is 4.45. The van der Waals surface area contributed by atoms with Gasteiger partial charge in [-0.15, -0.1) is 0 Å². The van der Waals surface area contributed by atoms with Crippen LogP contribution in [0.4, 0.5) is 5.69 Å². The van der Waals surface area contributed by atoms with Crippen molar-refractivity contribution in [1.82, 2.24) is 10.2 Å². The summed E-state index contributed by atoms with van der Waals surface area (Å²) >= 11 is 6.80. The van der Waals surface area contributed by atoms with Crippen LogP contribution in [0.15, 0.2) is 57.5 Å². The van der Waals surface area contributed by atoms with E-state index in [1.165, 1.54) is 4.90 Å². The SMILES string of the molecule is C[C@H](C(=O)NC1CCCC1)N(Cc1cccc(Br)c1)C(=O)CN(c1cccc(Br)c1)S(C)(=O)=O. The van der Waals surface area contributed by atoms with Crippen LogP contribution in [0, 0.1) is 0 Å². The predicted molar refractivity (Wildman–Crippen MR) is 141 cm³/mol. The molecule has 0 bridgehead atoms. The van der Waals surface area contributed by atoms with Crippen LogP contribution >= 0.6 is 31.9 Å². The Balaban J connectivity index is 1.88. The first-order chi connectivity index (χ1) is 16.0. The number of benzene rings is 2. The molecule has 0 heterocycles. The normalized spacial score (nSPS) is 15.1. The molecule has 184 valence electrons. The van der Waals surface area contributed by atoms with Gasteiger partial charge in [0.05, 0.1) is 11.9 Å². The first-order valence-corrected chi connectivity index (χ1v) is 14.6. The Morgan fingerprint density at radius 2 is 1.68 bits per heavy atom. The number of amides is 2. The maximum absolute atomic E-state index is 13.5. The van der Waals surface area contributed by atoms with Crippen LogP contribution < -0.4 is 9.62 Å². The summed E-state index contributed by atoms with van der Waals surface area (Å²) in [6.45, 7) is 1.45. The molecule has 1 atom stereocenters. The topological polar surface area (TPSA) is 86.8 Å². The molecule has 2 amide bonds. The second-order valence-corrected chi connectivity index (χ2v) is 12.3. The number of nitrogens with one attached hydrogen (secondary N) is 1. The smallest absolute Gasteiger partial charge is 0.244 e. The average molecular weight is 615 g/mol. The lowest BCUT2D eigenvalue weighted by atomic mass is 10.1. The van der Waals surface area contributed by atoms with Crippen molar-refractivity contribution in [1.29, 1.82) is 0 Å². The molecule has 1 aliphatic rings. The quantitative estimate of drug-likeness (QED) is 0.452. The second-order valence-electron chi connectivity index (χ2n) is 8.57. The molecule has 0 aromatic heterocycles. The van der Waals surface area contributed by atoms with Crippen molar-refractivity contribution in [3.8, 4) is 0 Å². The molecule has 10 heteroatoms. The standard InChI is InChI=1S/C24H29Br2N3O4S/c1-17(24(31)27-21-10-3-4-11-21)28(15-18-7-5-8-19(25)13-18)23(30)16-29(34(2,32)33)22-12-6-9-20(26)14-22/h5-9,12-14,17,21H,3-4,10-11,15-16H2,1-2H3,(H,27,31)/t17-/m1/s1. The van der Waals surface area contributed by atoms with Gasteiger partial charge in [-0.2, -0.15) is 0 Å². The Hall–Kier alpha value is -1.91. The maximum atomic E-state index is 13.5. The Labute approximate surface area is 218 Å². The van der Waals surface area contributed by atoms with Crippen LogP contribution in [-0.2, 0) is 26.2 Å². The number of carbonyl (C=O) groups is 2. The van der Waals surface area contributed by atoms with Crippen LogP contribution in [0.5, 0.6) is 0 Å². The lowest BCUT2D eigenvalue weighted by Gasteiger charge is -2.32. The van der Waals surface area contributed by atoms with Crippen molar-refractivity contribution in [2.24, 2.45) is 0 Å². The number of nitrogens with zero attached hydrogens (tertiary/aromatic N) is 2. The van der Waals surface area contributed by atoms with Gasteiger partial charge in [0, 0.05) is 21.5 Å². The van der Waals surface area contributed by atoms with E-state index in [-0.39, 0.29) is 18.5 Å². The maximum Gasteiger partial charge on any atom is 0.244 e. The minimum absolute atomic E-state index is 0.118. The fourth-order valence-electron chi connectivity index (χ4n) is 4.05. The molecule has 0 aliphatic heterocycles. The van der Waals surface area contributed by atoms with E-state index in [9.17, 15) is 18.0 Å². The molecule has 1 N–H and O–H groups in total. The molecule has 34 heavy (non-hydrogen) atoms. The number of rotatable bonds is 9. The first-order valence-electron chi connectivity index (χ1n) is 11.1. The van der Waals surface area contributed by atoms with Crippen molar-refractivity contribution in [3.63, 3.8) is 0 Å². The van der Waals surface area contributed by atoms with Crippen molar-refractivity contribution in [3.05, 3.63) is 63.0 Å². The van der Waals surface area contributed by atoms with Gasteiger partial charge < -0.3 is 10.2 Å². The Kier molecular flexibility index (Phi) is 9.17. The van der Waals surface area contributed by atoms with E-state index in [0.717, 1.165) is 46.3 Å². The summed E-state index contributed by atoms with van der Waals surface area (Å²) in [6, 6.07) is 13.6. The van der Waals surface area contributed by atoms with Gasteiger partial charge in [0.2, 0.25) is 21.8 Å². The van der Waals surface area contributed by atoms with E-state index in [1.54, 1.807) is 31.2 Å². The highest BCUT2D eigenvalue weighted by Gasteiger charge is 2.31. The number of hydrogen-bond donors (Lipinski definition) is 1. The van der Waals surface area contributed by atoms with E-state index in [4.69, 9.17) is 0 Å². The number of hydrogen-bond acceptors (Lipinski definition) is 4. The third kappa shape index (κ3) is 7.29. The van der Waals surface area contributed by atoms with Crippen LogP contribution in [-0.4, -0.2) is 50.0 Å². The first kappa shape index (κ1) is 26.7. The summed E-state index contributed by atoms with van der Waals surface area (Å²) < 4.78 is 27.8. The van der Waals surface area contributed by atoms with E-state index in [0.29, 0.717) is 10.2 Å². The summed E-state index contributed by atoms with van der Waals surface area (Å²) in [6.07, 6.45) is 5.09. The third-order valence-electron chi connectivity index (χ3n) is 5.89. The largest absolute Gasteiger partial charge is 0.352 e. The zero-order valence-corrected chi connectivity index (χ0v) is 23.2. The van der Waals surface area contributed by atoms with Crippen molar-refractivity contribution in [2.75, 3.05) is 17.1 Å². The molecule has 0 spiro atoms. The van der Waals surface area contributed by atoms with Gasteiger partial charge in [-0.25, -0.2) is 8.42 Å². The Morgan fingerprint density at radius 1 is 1.06 bits per heavy atom. The summed E-state index contributed by atoms with van der Waals surface area (Å²) in [5.74, 6) is -0.692. The Bertz CT molecular complexity index is 1140. The molecule has 1 saturated carbocycles. The van der Waals surface area contributed by atoms with Gasteiger partial charge in [-0.3, -0.25) is 13.9 Å². The highest BCUT2D eigenvalue weighted by atomic mass is 79.9. The molecule has 3 rings (SSSR count). The number of anilines is 1. The third-order valence-corrected chi connectivity index (χ3v) is 8.01. The molecule has 0 radical (unpaired) electrons. The monoisotopic (exact) mass is 613 g/mol. The van der Waals surface area contributed by atoms with Crippen molar-refractivity contribution < 1.29 is 18.0 Å². The number of halogens is 2. The minimum Gasteiger partial charge on any atom is -0.352 e. The van der Waals surface area contributed by atoms with Crippen LogP contribution in [0.3, 0.4) is 0 Å². The number of carbonyl (C=O) groups excluding carboxylic acids is 2. The van der Waals surface area contributed by atoms with Gasteiger partial charge >= 0.3 is 0 Å². The fraction of sp³-hybridized carbons (Fsp3) is 0.417. The molecule has 2 aromatic rings. The molecule has 2 aromatic carbocycles. The molecule has 0 saturated heterocycles. The summed E-state index contributed by atoms with van der Waals surface area (Å²) in [5, 5.41) is 3.05. The van der Waals surface area contributed by atoms with Crippen molar-refractivity contribution in [2.45, 2.75) is 51.2 Å².